The maximum atomic E-state index is 13.4. The van der Waals surface area contributed by atoms with E-state index < -0.39 is 0 Å². The van der Waals surface area contributed by atoms with Crippen molar-refractivity contribution in [3.63, 3.8) is 0 Å². The predicted molar refractivity (Wildman–Crippen MR) is 122 cm³/mol. The first-order valence-electron chi connectivity index (χ1n) is 10.1. The van der Waals surface area contributed by atoms with E-state index in [2.05, 4.69) is 4.98 Å². The summed E-state index contributed by atoms with van der Waals surface area (Å²) in [4.78, 5) is 32.8. The number of benzene rings is 1. The number of fused-ring (bicyclic) bond motifs is 1. The van der Waals surface area contributed by atoms with Gasteiger partial charge in [-0.3, -0.25) is 14.6 Å². The maximum absolute atomic E-state index is 13.4. The van der Waals surface area contributed by atoms with E-state index in [0.717, 1.165) is 28.0 Å². The van der Waals surface area contributed by atoms with Gasteiger partial charge in [0.25, 0.3) is 11.5 Å². The molecular formula is C24H21N3O3S. The number of carbonyl (C=O) groups is 1. The highest BCUT2D eigenvalue weighted by Gasteiger charge is 2.30. The standard InChI is InChI=1S/C24H21N3O3S/c1-26-15-19(18(13-22(26)28)21-8-4-12-31-21)24(29)27-11-9-17(14-27)30-20-7-2-5-16-6-3-10-25-23(16)20/h2-8,10,12-13,15,17H,9,11,14H2,1H3. The van der Waals surface area contributed by atoms with E-state index in [0.29, 0.717) is 24.2 Å². The highest BCUT2D eigenvalue weighted by atomic mass is 32.1. The summed E-state index contributed by atoms with van der Waals surface area (Å²) in [7, 11) is 1.67. The fraction of sp³-hybridized carbons (Fsp3) is 0.208. The lowest BCUT2D eigenvalue weighted by Crippen LogP contribution is -2.32. The number of hydrogen-bond donors (Lipinski definition) is 0. The largest absolute Gasteiger partial charge is 0.486 e. The number of aromatic nitrogens is 2. The number of rotatable bonds is 4. The lowest BCUT2D eigenvalue weighted by Gasteiger charge is -2.19. The van der Waals surface area contributed by atoms with E-state index in [9.17, 15) is 9.59 Å². The van der Waals surface area contributed by atoms with Crippen LogP contribution in [0.25, 0.3) is 21.3 Å². The van der Waals surface area contributed by atoms with Crippen molar-refractivity contribution < 1.29 is 9.53 Å². The summed E-state index contributed by atoms with van der Waals surface area (Å²) in [5.41, 5.74) is 1.92. The van der Waals surface area contributed by atoms with Crippen LogP contribution in [0.1, 0.15) is 16.8 Å². The average molecular weight is 432 g/mol. The summed E-state index contributed by atoms with van der Waals surface area (Å²) in [6.07, 6.45) is 4.04. The van der Waals surface area contributed by atoms with E-state index in [4.69, 9.17) is 4.74 Å². The normalized spacial score (nSPS) is 16.0. The first-order chi connectivity index (χ1) is 15.1. The second kappa shape index (κ2) is 8.00. The lowest BCUT2D eigenvalue weighted by atomic mass is 10.1. The summed E-state index contributed by atoms with van der Waals surface area (Å²) in [6, 6.07) is 15.2. The zero-order valence-corrected chi connectivity index (χ0v) is 17.8. The highest BCUT2D eigenvalue weighted by molar-refractivity contribution is 7.13. The Balaban J connectivity index is 1.39. The number of carbonyl (C=O) groups excluding carboxylic acids is 1. The van der Waals surface area contributed by atoms with Crippen molar-refractivity contribution in [2.24, 2.45) is 7.05 Å². The van der Waals surface area contributed by atoms with Gasteiger partial charge < -0.3 is 14.2 Å². The second-order valence-corrected chi connectivity index (χ2v) is 8.59. The summed E-state index contributed by atoms with van der Waals surface area (Å²) in [5, 5.41) is 2.97. The Labute approximate surface area is 183 Å². The fourth-order valence-electron chi connectivity index (χ4n) is 3.97. The first-order valence-corrected chi connectivity index (χ1v) is 11.0. The molecule has 1 aromatic carbocycles. The van der Waals surface area contributed by atoms with Crippen LogP contribution < -0.4 is 10.3 Å². The molecule has 156 valence electrons. The molecule has 1 aliphatic heterocycles. The quantitative estimate of drug-likeness (QED) is 0.491. The molecule has 1 unspecified atom stereocenters. The van der Waals surface area contributed by atoms with Crippen LogP contribution in [0.5, 0.6) is 5.75 Å². The third kappa shape index (κ3) is 3.72. The Hall–Kier alpha value is -3.45. The fourth-order valence-corrected chi connectivity index (χ4v) is 4.72. The van der Waals surface area contributed by atoms with Crippen LogP contribution in [0.4, 0.5) is 0 Å². The molecule has 6 nitrogen and oxygen atoms in total. The van der Waals surface area contributed by atoms with Gasteiger partial charge in [-0.25, -0.2) is 0 Å². The van der Waals surface area contributed by atoms with Gasteiger partial charge in [-0.15, -0.1) is 11.3 Å². The van der Waals surface area contributed by atoms with Crippen LogP contribution in [0.3, 0.4) is 0 Å². The third-order valence-corrected chi connectivity index (χ3v) is 6.47. The monoisotopic (exact) mass is 431 g/mol. The van der Waals surface area contributed by atoms with E-state index in [1.54, 1.807) is 30.4 Å². The van der Waals surface area contributed by atoms with Crippen molar-refractivity contribution in [2.45, 2.75) is 12.5 Å². The molecule has 31 heavy (non-hydrogen) atoms. The molecule has 0 spiro atoms. The summed E-state index contributed by atoms with van der Waals surface area (Å²) in [5.74, 6) is 0.653. The SMILES string of the molecule is Cn1cc(C(=O)N2CCC(Oc3cccc4cccnc34)C2)c(-c2cccs2)cc1=O. The number of thiophene rings is 1. The van der Waals surface area contributed by atoms with Crippen LogP contribution in [0, 0.1) is 0 Å². The van der Waals surface area contributed by atoms with Gasteiger partial charge in [0.05, 0.1) is 12.1 Å². The molecule has 4 heterocycles. The average Bonchev–Trinajstić information content (AvgIpc) is 3.48. The van der Waals surface area contributed by atoms with Gasteiger partial charge in [0.15, 0.2) is 0 Å². The molecule has 0 N–H and O–H groups in total. The molecule has 1 saturated heterocycles. The van der Waals surface area contributed by atoms with E-state index in [1.807, 2.05) is 47.8 Å². The van der Waals surface area contributed by atoms with Gasteiger partial charge in [-0.1, -0.05) is 24.3 Å². The van der Waals surface area contributed by atoms with Gasteiger partial charge >= 0.3 is 0 Å². The van der Waals surface area contributed by atoms with E-state index in [-0.39, 0.29) is 17.6 Å². The Bertz CT molecular complexity index is 1310. The molecule has 5 rings (SSSR count). The lowest BCUT2D eigenvalue weighted by molar-refractivity contribution is 0.0772. The Kier molecular flexibility index (Phi) is 5.03. The Morgan fingerprint density at radius 2 is 2.06 bits per heavy atom. The number of amides is 1. The number of hydrogen-bond acceptors (Lipinski definition) is 5. The molecule has 0 aliphatic carbocycles. The Morgan fingerprint density at radius 1 is 1.19 bits per heavy atom. The van der Waals surface area contributed by atoms with Gasteiger partial charge in [-0.05, 0) is 23.6 Å². The third-order valence-electron chi connectivity index (χ3n) is 5.57. The molecule has 7 heteroatoms. The van der Waals surface area contributed by atoms with Crippen molar-refractivity contribution in [1.82, 2.24) is 14.5 Å². The predicted octanol–water partition coefficient (Wildman–Crippen LogP) is 3.96. The zero-order valence-electron chi connectivity index (χ0n) is 17.0. The van der Waals surface area contributed by atoms with Gasteiger partial charge in [-0.2, -0.15) is 0 Å². The van der Waals surface area contributed by atoms with Crippen molar-refractivity contribution in [3.05, 3.63) is 82.2 Å². The molecule has 4 aromatic rings. The van der Waals surface area contributed by atoms with E-state index >= 15 is 0 Å². The van der Waals surface area contributed by atoms with Crippen molar-refractivity contribution in [3.8, 4) is 16.2 Å². The van der Waals surface area contributed by atoms with Crippen LogP contribution in [0.15, 0.2) is 71.1 Å². The molecule has 1 fully saturated rings. The van der Waals surface area contributed by atoms with Gasteiger partial charge in [0, 0.05) is 54.3 Å². The van der Waals surface area contributed by atoms with Crippen molar-refractivity contribution in [2.75, 3.05) is 13.1 Å². The molecule has 1 amide bonds. The topological polar surface area (TPSA) is 64.4 Å². The minimum absolute atomic E-state index is 0.0823. The van der Waals surface area contributed by atoms with Crippen LogP contribution >= 0.6 is 11.3 Å². The van der Waals surface area contributed by atoms with Crippen molar-refractivity contribution in [1.29, 1.82) is 0 Å². The number of ether oxygens (including phenoxy) is 1. The maximum Gasteiger partial charge on any atom is 0.256 e. The molecule has 3 aromatic heterocycles. The molecule has 0 saturated carbocycles. The molecule has 1 aliphatic rings. The smallest absolute Gasteiger partial charge is 0.256 e. The van der Waals surface area contributed by atoms with Crippen LogP contribution in [0.2, 0.25) is 0 Å². The minimum atomic E-state index is -0.133. The highest BCUT2D eigenvalue weighted by Crippen LogP contribution is 2.30. The Morgan fingerprint density at radius 3 is 2.90 bits per heavy atom. The molecule has 1 atom stereocenters. The van der Waals surface area contributed by atoms with Gasteiger partial charge in [0.1, 0.15) is 17.4 Å². The zero-order chi connectivity index (χ0) is 21.4. The number of pyridine rings is 2. The summed E-state index contributed by atoms with van der Waals surface area (Å²) >= 11 is 1.52. The minimum Gasteiger partial charge on any atom is -0.486 e. The molecule has 0 bridgehead atoms. The van der Waals surface area contributed by atoms with Gasteiger partial charge in [0.2, 0.25) is 0 Å². The van der Waals surface area contributed by atoms with E-state index in [1.165, 1.54) is 15.9 Å². The number of likely N-dealkylation sites (tertiary alicyclic amines) is 1. The van der Waals surface area contributed by atoms with Crippen molar-refractivity contribution >= 4 is 28.1 Å². The molecular weight excluding hydrogens is 410 g/mol. The molecule has 0 radical (unpaired) electrons. The summed E-state index contributed by atoms with van der Waals surface area (Å²) in [6.45, 7) is 1.10. The van der Waals surface area contributed by atoms with Crippen LogP contribution in [-0.2, 0) is 7.05 Å². The second-order valence-electron chi connectivity index (χ2n) is 7.64. The first kappa shape index (κ1) is 19.5. The number of para-hydroxylation sites is 1. The number of aryl methyl sites for hydroxylation is 1. The summed E-state index contributed by atoms with van der Waals surface area (Å²) < 4.78 is 7.70. The van der Waals surface area contributed by atoms with Crippen LogP contribution in [-0.4, -0.2) is 39.6 Å². The number of nitrogens with zero attached hydrogens (tertiary/aromatic N) is 3.